The molecule has 0 saturated carbocycles. The Morgan fingerprint density at radius 3 is 1.42 bits per heavy atom. The molecule has 0 aliphatic carbocycles. The highest BCUT2D eigenvalue weighted by Gasteiger charge is 2.00. The molecule has 0 amide bonds. The topological polar surface area (TPSA) is 84.3 Å². The molecule has 0 unspecified atom stereocenters. The predicted octanol–water partition coefficient (Wildman–Crippen LogP) is 3.23. The van der Waals surface area contributed by atoms with Crippen molar-refractivity contribution in [2.75, 3.05) is 20.6 Å². The summed E-state index contributed by atoms with van der Waals surface area (Å²) < 4.78 is -0.128. The molecule has 4 N–H and O–H groups in total. The Labute approximate surface area is 119 Å². The molecule has 0 aliphatic heterocycles. The Balaban J connectivity index is 0. The van der Waals surface area contributed by atoms with Gasteiger partial charge in [-0.3, -0.25) is 0 Å². The maximum atomic E-state index is 11.3. The fraction of sp³-hybridized carbons (Fsp3) is 1.00. The van der Waals surface area contributed by atoms with Gasteiger partial charge in [-0.15, -0.1) is 0 Å². The summed E-state index contributed by atoms with van der Waals surface area (Å²) in [5.41, 5.74) is 0. The van der Waals surface area contributed by atoms with Gasteiger partial charge in [-0.05, 0) is 12.8 Å². The third-order valence-corrected chi connectivity index (χ3v) is 3.05. The van der Waals surface area contributed by atoms with Gasteiger partial charge in [0.1, 0.15) is 0 Å². The number of nitrogens with two attached hydrogens (primary N) is 2. The van der Waals surface area contributed by atoms with E-state index >= 15 is 0 Å². The van der Waals surface area contributed by atoms with Crippen molar-refractivity contribution in [3.63, 3.8) is 0 Å². The van der Waals surface area contributed by atoms with Crippen LogP contribution >= 0.6 is 0 Å². The highest BCUT2D eigenvalue weighted by Crippen LogP contribution is 2.11. The molecule has 5 nitrogen and oxygen atoms in total. The third kappa shape index (κ3) is 27.1. The van der Waals surface area contributed by atoms with Crippen molar-refractivity contribution in [2.24, 2.45) is 11.8 Å². The van der Waals surface area contributed by atoms with Crippen LogP contribution in [0, 0.1) is 5.21 Å². The monoisotopic (exact) mass is 277 g/mol. The van der Waals surface area contributed by atoms with Crippen LogP contribution in [-0.4, -0.2) is 25.3 Å². The molecule has 0 rings (SSSR count). The van der Waals surface area contributed by atoms with Crippen LogP contribution in [0.3, 0.4) is 0 Å². The standard InChI is InChI=1S/C14H31NO.H4N2O/c1-4-5-6-7-8-9-10-11-12-13-14-15(2,3)16;1-3-2/h4-14H2,1-3H3;1-2H2. The van der Waals surface area contributed by atoms with Crippen molar-refractivity contribution in [1.29, 1.82) is 0 Å². The van der Waals surface area contributed by atoms with Crippen LogP contribution in [0.25, 0.3) is 0 Å². The van der Waals surface area contributed by atoms with E-state index in [1.165, 1.54) is 57.8 Å². The average molecular weight is 277 g/mol. The Morgan fingerprint density at radius 1 is 0.789 bits per heavy atom. The van der Waals surface area contributed by atoms with Crippen molar-refractivity contribution < 1.29 is 9.58 Å². The molecule has 0 bridgehead atoms. The first-order chi connectivity index (χ1) is 8.97. The van der Waals surface area contributed by atoms with Gasteiger partial charge in [-0.1, -0.05) is 58.3 Å². The molecule has 0 heterocycles. The second kappa shape index (κ2) is 15.9. The van der Waals surface area contributed by atoms with E-state index in [0.717, 1.165) is 13.0 Å². The van der Waals surface area contributed by atoms with Gasteiger partial charge >= 0.3 is 0 Å². The second-order valence-electron chi connectivity index (χ2n) is 5.62. The minimum absolute atomic E-state index is 0.128. The first-order valence-corrected chi connectivity index (χ1v) is 7.57. The third-order valence-electron chi connectivity index (χ3n) is 3.05. The summed E-state index contributed by atoms with van der Waals surface area (Å²) in [5, 5.41) is 11.3. The summed E-state index contributed by atoms with van der Waals surface area (Å²) in [5.74, 6) is 8.25. The van der Waals surface area contributed by atoms with E-state index in [-0.39, 0.29) is 4.65 Å². The van der Waals surface area contributed by atoms with Gasteiger partial charge < -0.3 is 9.85 Å². The Bertz CT molecular complexity index is 161. The van der Waals surface area contributed by atoms with Crippen LogP contribution in [0.15, 0.2) is 0 Å². The summed E-state index contributed by atoms with van der Waals surface area (Å²) in [6.45, 7) is 3.03. The molecule has 118 valence electrons. The SMILES string of the molecule is CCCCCCCCCCCC[N+](C)(C)[O-].NON. The van der Waals surface area contributed by atoms with Crippen molar-refractivity contribution >= 4 is 0 Å². The van der Waals surface area contributed by atoms with Crippen LogP contribution in [0.5, 0.6) is 0 Å². The first-order valence-electron chi connectivity index (χ1n) is 7.57. The minimum atomic E-state index is -0.128. The zero-order chi connectivity index (χ0) is 15.0. The zero-order valence-corrected chi connectivity index (χ0v) is 13.2. The van der Waals surface area contributed by atoms with E-state index in [4.69, 9.17) is 0 Å². The lowest BCUT2D eigenvalue weighted by atomic mass is 10.1. The van der Waals surface area contributed by atoms with Gasteiger partial charge in [0, 0.05) is 0 Å². The van der Waals surface area contributed by atoms with Crippen LogP contribution < -0.4 is 11.8 Å². The van der Waals surface area contributed by atoms with E-state index in [1.807, 2.05) is 0 Å². The van der Waals surface area contributed by atoms with E-state index in [9.17, 15) is 5.21 Å². The largest absolute Gasteiger partial charge is 0.633 e. The molecule has 19 heavy (non-hydrogen) atoms. The summed E-state index contributed by atoms with van der Waals surface area (Å²) >= 11 is 0. The highest BCUT2D eigenvalue weighted by molar-refractivity contribution is 4.47. The maximum Gasteiger partial charge on any atom is 0.0779 e. The predicted molar refractivity (Wildman–Crippen MR) is 81.6 cm³/mol. The molecule has 0 aromatic carbocycles. The van der Waals surface area contributed by atoms with Crippen molar-refractivity contribution in [3.05, 3.63) is 5.21 Å². The van der Waals surface area contributed by atoms with Gasteiger partial charge in [-0.2, -0.15) is 11.8 Å². The molecule has 0 spiro atoms. The van der Waals surface area contributed by atoms with E-state index < -0.39 is 0 Å². The van der Waals surface area contributed by atoms with Gasteiger partial charge in [0.25, 0.3) is 0 Å². The van der Waals surface area contributed by atoms with Crippen molar-refractivity contribution in [1.82, 2.24) is 0 Å². The smallest absolute Gasteiger partial charge is 0.0779 e. The summed E-state index contributed by atoms with van der Waals surface area (Å²) in [4.78, 5) is 3.25. The average Bonchev–Trinajstić information content (AvgIpc) is 2.31. The van der Waals surface area contributed by atoms with Crippen LogP contribution in [-0.2, 0) is 4.94 Å². The number of nitrogens with zero attached hydrogens (tertiary/aromatic N) is 1. The molecular weight excluding hydrogens is 242 g/mol. The normalized spacial score (nSPS) is 11.1. The van der Waals surface area contributed by atoms with Gasteiger partial charge in [-0.25, -0.2) is 4.94 Å². The van der Waals surface area contributed by atoms with Crippen molar-refractivity contribution in [2.45, 2.75) is 71.1 Å². The molecule has 0 aromatic heterocycles. The zero-order valence-electron chi connectivity index (χ0n) is 13.2. The number of rotatable bonds is 11. The molecule has 0 aromatic rings. The number of unbranched alkanes of at least 4 members (excludes halogenated alkanes) is 9. The van der Waals surface area contributed by atoms with Crippen molar-refractivity contribution in [3.8, 4) is 0 Å². The van der Waals surface area contributed by atoms with E-state index in [1.54, 1.807) is 14.1 Å². The Hall–Kier alpha value is -0.200. The molecule has 5 heteroatoms. The molecule has 0 aliphatic rings. The van der Waals surface area contributed by atoms with Crippen LogP contribution in [0.4, 0.5) is 0 Å². The molecular formula is C14H35N3O2. The van der Waals surface area contributed by atoms with Gasteiger partial charge in [0.15, 0.2) is 0 Å². The van der Waals surface area contributed by atoms with Crippen LogP contribution in [0.1, 0.15) is 71.1 Å². The van der Waals surface area contributed by atoms with E-state index in [0.29, 0.717) is 0 Å². The maximum absolute atomic E-state index is 11.3. The lowest BCUT2D eigenvalue weighted by Crippen LogP contribution is -2.32. The van der Waals surface area contributed by atoms with Crippen LogP contribution in [0.2, 0.25) is 0 Å². The molecule has 0 fully saturated rings. The fourth-order valence-electron chi connectivity index (χ4n) is 1.98. The second-order valence-corrected chi connectivity index (χ2v) is 5.62. The Morgan fingerprint density at radius 2 is 1.11 bits per heavy atom. The lowest BCUT2D eigenvalue weighted by molar-refractivity contribution is -0.840. The summed E-state index contributed by atoms with van der Waals surface area (Å²) in [6, 6.07) is 0. The molecule has 0 atom stereocenters. The summed E-state index contributed by atoms with van der Waals surface area (Å²) in [7, 11) is 3.46. The fourth-order valence-corrected chi connectivity index (χ4v) is 1.98. The molecule has 0 radical (unpaired) electrons. The Kier molecular flexibility index (Phi) is 17.6. The number of quaternary nitrogens is 1. The number of hydroxylamine groups is 3. The molecule has 0 saturated heterocycles. The first kappa shape index (κ1) is 21.1. The quantitative estimate of drug-likeness (QED) is 0.345. The number of hydrogen-bond donors (Lipinski definition) is 2. The summed E-state index contributed by atoms with van der Waals surface area (Å²) in [6.07, 6.45) is 13.4. The van der Waals surface area contributed by atoms with Gasteiger partial charge in [0.05, 0.1) is 20.6 Å². The minimum Gasteiger partial charge on any atom is -0.633 e. The van der Waals surface area contributed by atoms with Gasteiger partial charge in [0.2, 0.25) is 0 Å². The highest BCUT2D eigenvalue weighted by atomic mass is 16.7. The van der Waals surface area contributed by atoms with E-state index in [2.05, 4.69) is 23.7 Å². The number of hydrogen-bond acceptors (Lipinski definition) is 4. The lowest BCUT2D eigenvalue weighted by Gasteiger charge is -2.33.